The molecular weight excluding hydrogens is 252 g/mol. The molecule has 1 aliphatic carbocycles. The molecule has 0 spiro atoms. The maximum atomic E-state index is 6.62. The Hall–Kier alpha value is -0.490. The molecule has 1 aliphatic rings. The van der Waals surface area contributed by atoms with Gasteiger partial charge in [0.05, 0.1) is 5.38 Å². The molecule has 1 unspecified atom stereocenters. The Labute approximate surface area is 123 Å². The van der Waals surface area contributed by atoms with Crippen LogP contribution in [0, 0.1) is 5.92 Å². The van der Waals surface area contributed by atoms with Gasteiger partial charge in [0.15, 0.2) is 0 Å². The van der Waals surface area contributed by atoms with Crippen molar-refractivity contribution in [1.82, 2.24) is 0 Å². The Morgan fingerprint density at radius 2 is 1.68 bits per heavy atom. The van der Waals surface area contributed by atoms with Crippen LogP contribution in [0.15, 0.2) is 24.3 Å². The molecule has 1 atom stereocenters. The lowest BCUT2D eigenvalue weighted by Gasteiger charge is -2.18. The Morgan fingerprint density at radius 3 is 2.26 bits per heavy atom. The molecule has 0 N–H and O–H groups in total. The summed E-state index contributed by atoms with van der Waals surface area (Å²) in [6.45, 7) is 2.23. The van der Waals surface area contributed by atoms with E-state index in [0.717, 1.165) is 12.3 Å². The number of halogens is 1. The average Bonchev–Trinajstić information content (AvgIpc) is 2.68. The molecule has 0 heterocycles. The summed E-state index contributed by atoms with van der Waals surface area (Å²) in [6, 6.07) is 8.97. The van der Waals surface area contributed by atoms with E-state index < -0.39 is 0 Å². The summed E-state index contributed by atoms with van der Waals surface area (Å²) < 4.78 is 0. The number of rotatable bonds is 5. The molecule has 1 fully saturated rings. The van der Waals surface area contributed by atoms with E-state index >= 15 is 0 Å². The van der Waals surface area contributed by atoms with E-state index in [-0.39, 0.29) is 5.38 Å². The van der Waals surface area contributed by atoms with E-state index in [1.807, 2.05) is 0 Å². The molecule has 0 aromatic heterocycles. The Kier molecular flexibility index (Phi) is 6.23. The number of alkyl halides is 1. The zero-order chi connectivity index (χ0) is 13.5. The second-order valence-electron chi connectivity index (χ2n) is 6.05. The van der Waals surface area contributed by atoms with Crippen molar-refractivity contribution in [3.63, 3.8) is 0 Å². The number of hydrogen-bond donors (Lipinski definition) is 0. The maximum absolute atomic E-state index is 6.62. The first-order valence-corrected chi connectivity index (χ1v) is 8.46. The van der Waals surface area contributed by atoms with Crippen LogP contribution in [0.3, 0.4) is 0 Å². The Balaban J connectivity index is 1.89. The van der Waals surface area contributed by atoms with E-state index in [9.17, 15) is 0 Å². The zero-order valence-corrected chi connectivity index (χ0v) is 13.0. The van der Waals surface area contributed by atoms with E-state index in [1.165, 1.54) is 62.5 Å². The third-order valence-electron chi connectivity index (χ3n) is 4.40. The van der Waals surface area contributed by atoms with Crippen molar-refractivity contribution >= 4 is 11.6 Å². The van der Waals surface area contributed by atoms with Crippen molar-refractivity contribution in [3.8, 4) is 0 Å². The standard InChI is InChI=1S/C18H27Cl/c1-2-7-15-10-12-17(13-11-15)18(19)14-16-8-5-3-4-6-9-16/h10-13,16,18H,2-9,14H2,1H3. The van der Waals surface area contributed by atoms with Crippen LogP contribution in [0.25, 0.3) is 0 Å². The fourth-order valence-corrected chi connectivity index (χ4v) is 3.61. The predicted octanol–water partition coefficient (Wildman–Crippen LogP) is 6.28. The summed E-state index contributed by atoms with van der Waals surface area (Å²) in [5.74, 6) is 0.848. The van der Waals surface area contributed by atoms with Gasteiger partial charge in [0.1, 0.15) is 0 Å². The van der Waals surface area contributed by atoms with Gasteiger partial charge in [-0.05, 0) is 29.9 Å². The molecule has 0 nitrogen and oxygen atoms in total. The second-order valence-corrected chi connectivity index (χ2v) is 6.58. The highest BCUT2D eigenvalue weighted by atomic mass is 35.5. The van der Waals surface area contributed by atoms with E-state index in [0.29, 0.717) is 0 Å². The molecule has 0 radical (unpaired) electrons. The van der Waals surface area contributed by atoms with Gasteiger partial charge in [-0.2, -0.15) is 0 Å². The topological polar surface area (TPSA) is 0 Å². The molecule has 0 saturated heterocycles. The van der Waals surface area contributed by atoms with Gasteiger partial charge in [0.25, 0.3) is 0 Å². The zero-order valence-electron chi connectivity index (χ0n) is 12.2. The molecule has 1 heteroatoms. The first-order valence-electron chi connectivity index (χ1n) is 8.02. The summed E-state index contributed by atoms with van der Waals surface area (Å²) in [6.07, 6.45) is 12.0. The molecule has 2 rings (SSSR count). The molecule has 19 heavy (non-hydrogen) atoms. The Bertz CT molecular complexity index is 346. The molecular formula is C18H27Cl. The van der Waals surface area contributed by atoms with Crippen LogP contribution in [0.5, 0.6) is 0 Å². The molecule has 0 amide bonds. The maximum Gasteiger partial charge on any atom is 0.0587 e. The van der Waals surface area contributed by atoms with Gasteiger partial charge >= 0.3 is 0 Å². The van der Waals surface area contributed by atoms with Crippen LogP contribution in [0.1, 0.15) is 74.8 Å². The van der Waals surface area contributed by atoms with Crippen LogP contribution < -0.4 is 0 Å². The molecule has 1 saturated carbocycles. The number of aryl methyl sites for hydroxylation is 1. The monoisotopic (exact) mass is 278 g/mol. The average molecular weight is 279 g/mol. The third-order valence-corrected chi connectivity index (χ3v) is 4.83. The first-order chi connectivity index (χ1) is 9.29. The van der Waals surface area contributed by atoms with Crippen LogP contribution in [0.4, 0.5) is 0 Å². The van der Waals surface area contributed by atoms with Crippen LogP contribution in [0.2, 0.25) is 0 Å². The molecule has 0 aliphatic heterocycles. The smallest absolute Gasteiger partial charge is 0.0587 e. The summed E-state index contributed by atoms with van der Waals surface area (Å²) >= 11 is 6.62. The van der Waals surface area contributed by atoms with Gasteiger partial charge in [-0.25, -0.2) is 0 Å². The quantitative estimate of drug-likeness (QED) is 0.439. The normalized spacial score (nSPS) is 19.1. The summed E-state index contributed by atoms with van der Waals surface area (Å²) in [5.41, 5.74) is 2.75. The minimum absolute atomic E-state index is 0.207. The van der Waals surface area contributed by atoms with Gasteiger partial charge in [-0.3, -0.25) is 0 Å². The van der Waals surface area contributed by atoms with Gasteiger partial charge < -0.3 is 0 Å². The van der Waals surface area contributed by atoms with Crippen molar-refractivity contribution in [2.45, 2.75) is 70.1 Å². The second kappa shape index (κ2) is 7.94. The van der Waals surface area contributed by atoms with E-state index in [2.05, 4.69) is 31.2 Å². The van der Waals surface area contributed by atoms with Crippen LogP contribution in [-0.2, 0) is 6.42 Å². The lowest BCUT2D eigenvalue weighted by atomic mass is 9.92. The minimum atomic E-state index is 0.207. The summed E-state index contributed by atoms with van der Waals surface area (Å²) in [7, 11) is 0. The van der Waals surface area contributed by atoms with E-state index in [4.69, 9.17) is 11.6 Å². The third kappa shape index (κ3) is 4.84. The Morgan fingerprint density at radius 1 is 1.05 bits per heavy atom. The predicted molar refractivity (Wildman–Crippen MR) is 84.8 cm³/mol. The lowest BCUT2D eigenvalue weighted by Crippen LogP contribution is -2.03. The van der Waals surface area contributed by atoms with Crippen molar-refractivity contribution in [2.75, 3.05) is 0 Å². The van der Waals surface area contributed by atoms with Gasteiger partial charge in [-0.15, -0.1) is 11.6 Å². The molecule has 1 aromatic rings. The number of hydrogen-bond acceptors (Lipinski definition) is 0. The largest absolute Gasteiger partial charge is 0.118 e. The van der Waals surface area contributed by atoms with Crippen molar-refractivity contribution in [2.24, 2.45) is 5.92 Å². The van der Waals surface area contributed by atoms with Gasteiger partial charge in [-0.1, -0.05) is 76.1 Å². The highest BCUT2D eigenvalue weighted by molar-refractivity contribution is 6.20. The molecule has 0 bridgehead atoms. The minimum Gasteiger partial charge on any atom is -0.118 e. The summed E-state index contributed by atoms with van der Waals surface area (Å²) in [4.78, 5) is 0. The first kappa shape index (κ1) is 14.9. The van der Waals surface area contributed by atoms with Crippen molar-refractivity contribution < 1.29 is 0 Å². The van der Waals surface area contributed by atoms with Crippen molar-refractivity contribution in [3.05, 3.63) is 35.4 Å². The number of benzene rings is 1. The molecule has 1 aromatic carbocycles. The van der Waals surface area contributed by atoms with Gasteiger partial charge in [0, 0.05) is 0 Å². The summed E-state index contributed by atoms with van der Waals surface area (Å²) in [5, 5.41) is 0.207. The van der Waals surface area contributed by atoms with Crippen molar-refractivity contribution in [1.29, 1.82) is 0 Å². The molecule has 106 valence electrons. The SMILES string of the molecule is CCCc1ccc(C(Cl)CC2CCCCCC2)cc1. The van der Waals surface area contributed by atoms with Gasteiger partial charge in [0.2, 0.25) is 0 Å². The van der Waals surface area contributed by atoms with E-state index in [1.54, 1.807) is 0 Å². The fraction of sp³-hybridized carbons (Fsp3) is 0.667. The highest BCUT2D eigenvalue weighted by Crippen LogP contribution is 2.34. The van der Waals surface area contributed by atoms with Crippen LogP contribution in [-0.4, -0.2) is 0 Å². The van der Waals surface area contributed by atoms with Crippen LogP contribution >= 0.6 is 11.6 Å². The lowest BCUT2D eigenvalue weighted by molar-refractivity contribution is 0.423. The highest BCUT2D eigenvalue weighted by Gasteiger charge is 2.17. The fourth-order valence-electron chi connectivity index (χ4n) is 3.21.